The second-order valence-electron chi connectivity index (χ2n) is 11.7. The molecule has 0 saturated heterocycles. The summed E-state index contributed by atoms with van der Waals surface area (Å²) < 4.78 is 57.1. The lowest BCUT2D eigenvalue weighted by Gasteiger charge is -2.30. The lowest BCUT2D eigenvalue weighted by molar-refractivity contribution is -0.137. The Hall–Kier alpha value is -3.55. The largest absolute Gasteiger partial charge is 0.486 e. The van der Waals surface area contributed by atoms with Gasteiger partial charge in [0.2, 0.25) is 5.88 Å². The van der Waals surface area contributed by atoms with Gasteiger partial charge in [0, 0.05) is 23.1 Å². The van der Waals surface area contributed by atoms with Gasteiger partial charge in [0.1, 0.15) is 18.2 Å². The Kier molecular flexibility index (Phi) is 7.80. The highest BCUT2D eigenvalue weighted by Crippen LogP contribution is 2.52. The maximum Gasteiger partial charge on any atom is 0.303 e. The molecule has 1 N–H and O–H groups in total. The fraction of sp³-hybridized carbons (Fsp3) is 0.438. The number of ether oxygens (including phenoxy) is 2. The molecule has 0 amide bonds. The third kappa shape index (κ3) is 5.67. The lowest BCUT2D eigenvalue weighted by atomic mass is 9.75. The van der Waals surface area contributed by atoms with Gasteiger partial charge in [-0.15, -0.1) is 0 Å². The van der Waals surface area contributed by atoms with Crippen molar-refractivity contribution in [3.63, 3.8) is 0 Å². The summed E-state index contributed by atoms with van der Waals surface area (Å²) in [6.45, 7) is 4.08. The number of rotatable bonds is 10. The quantitative estimate of drug-likeness (QED) is 0.275. The average molecular weight is 554 g/mol. The standard InChI is InChI=1S/C32H34F3NO4/c1-32(2)11-5-7-25(32)23-12-19(26(33)13-22(23)24-14-29(39-3)36-16-27(24)34)17-40-28-8-4-6-20(31(28)35)21(15-30(37)38)18-9-10-18/h4,6,8,12-14,16,18,21,25H,5,7,9-11,15,17H2,1-3H3,(H,37,38)/t21-,25+/m1/s1. The third-order valence-electron chi connectivity index (χ3n) is 8.54. The number of methoxy groups -OCH3 is 1. The number of benzene rings is 2. The lowest BCUT2D eigenvalue weighted by Crippen LogP contribution is -2.17. The second-order valence-corrected chi connectivity index (χ2v) is 11.7. The first-order valence-corrected chi connectivity index (χ1v) is 13.7. The zero-order chi connectivity index (χ0) is 28.6. The van der Waals surface area contributed by atoms with Crippen molar-refractivity contribution in [2.24, 2.45) is 11.3 Å². The maximum absolute atomic E-state index is 15.6. The Morgan fingerprint density at radius 2 is 1.88 bits per heavy atom. The van der Waals surface area contributed by atoms with Crippen molar-refractivity contribution in [1.29, 1.82) is 0 Å². The van der Waals surface area contributed by atoms with E-state index in [-0.39, 0.29) is 53.0 Å². The fourth-order valence-electron chi connectivity index (χ4n) is 6.21. The molecule has 212 valence electrons. The SMILES string of the molecule is COc1cc(-c2cc(F)c(COc3cccc([C@H](CC(=O)O)C4CC4)c3F)cc2[C@@H]2CCCC2(C)C)c(F)cn1. The Morgan fingerprint density at radius 3 is 2.52 bits per heavy atom. The molecule has 8 heteroatoms. The highest BCUT2D eigenvalue weighted by atomic mass is 19.1. The van der Waals surface area contributed by atoms with E-state index in [1.165, 1.54) is 25.3 Å². The molecular formula is C32H34F3NO4. The van der Waals surface area contributed by atoms with Crippen LogP contribution in [0, 0.1) is 28.8 Å². The number of carboxylic acid groups (broad SMARTS) is 1. The minimum Gasteiger partial charge on any atom is -0.486 e. The first kappa shape index (κ1) is 28.0. The van der Waals surface area contributed by atoms with Crippen LogP contribution >= 0.6 is 0 Å². The Balaban J connectivity index is 1.50. The molecule has 2 aliphatic rings. The van der Waals surface area contributed by atoms with Crippen molar-refractivity contribution < 1.29 is 32.5 Å². The fourth-order valence-corrected chi connectivity index (χ4v) is 6.21. The van der Waals surface area contributed by atoms with Gasteiger partial charge in [-0.2, -0.15) is 0 Å². The summed E-state index contributed by atoms with van der Waals surface area (Å²) in [5, 5.41) is 9.34. The number of hydrogen-bond donors (Lipinski definition) is 1. The van der Waals surface area contributed by atoms with E-state index in [4.69, 9.17) is 9.47 Å². The molecule has 5 rings (SSSR count). The smallest absolute Gasteiger partial charge is 0.303 e. The molecular weight excluding hydrogens is 519 g/mol. The normalized spacial score (nSPS) is 18.9. The summed E-state index contributed by atoms with van der Waals surface area (Å²) in [6.07, 6.45) is 5.50. The van der Waals surface area contributed by atoms with Crippen LogP contribution in [0.3, 0.4) is 0 Å². The van der Waals surface area contributed by atoms with E-state index < -0.39 is 29.3 Å². The van der Waals surface area contributed by atoms with E-state index in [1.54, 1.807) is 18.2 Å². The summed E-state index contributed by atoms with van der Waals surface area (Å²) >= 11 is 0. The number of carbonyl (C=O) groups is 1. The molecule has 40 heavy (non-hydrogen) atoms. The van der Waals surface area contributed by atoms with Crippen LogP contribution in [0.4, 0.5) is 13.2 Å². The topological polar surface area (TPSA) is 68.7 Å². The first-order chi connectivity index (χ1) is 19.1. The summed E-state index contributed by atoms with van der Waals surface area (Å²) in [7, 11) is 1.44. The van der Waals surface area contributed by atoms with E-state index in [1.807, 2.05) is 0 Å². The molecule has 2 aliphatic carbocycles. The molecule has 2 atom stereocenters. The van der Waals surface area contributed by atoms with Gasteiger partial charge in [-0.25, -0.2) is 18.2 Å². The van der Waals surface area contributed by atoms with Gasteiger partial charge in [0.15, 0.2) is 11.6 Å². The van der Waals surface area contributed by atoms with Crippen molar-refractivity contribution in [2.75, 3.05) is 7.11 Å². The van der Waals surface area contributed by atoms with Gasteiger partial charge >= 0.3 is 5.97 Å². The average Bonchev–Trinajstić information content (AvgIpc) is 3.70. The molecule has 0 spiro atoms. The Morgan fingerprint density at radius 1 is 1.10 bits per heavy atom. The molecule has 0 radical (unpaired) electrons. The van der Waals surface area contributed by atoms with Gasteiger partial charge in [0.25, 0.3) is 0 Å². The number of aliphatic carboxylic acids is 1. The maximum atomic E-state index is 15.6. The first-order valence-electron chi connectivity index (χ1n) is 13.7. The van der Waals surface area contributed by atoms with Gasteiger partial charge in [-0.3, -0.25) is 4.79 Å². The van der Waals surface area contributed by atoms with Crippen LogP contribution < -0.4 is 9.47 Å². The minimum absolute atomic E-state index is 0.0512. The Labute approximate surface area is 232 Å². The zero-order valence-corrected chi connectivity index (χ0v) is 23.0. The molecule has 0 aliphatic heterocycles. The van der Waals surface area contributed by atoms with E-state index in [9.17, 15) is 14.3 Å². The summed E-state index contributed by atoms with van der Waals surface area (Å²) in [5.41, 5.74) is 1.92. The summed E-state index contributed by atoms with van der Waals surface area (Å²) in [6, 6.07) is 9.21. The minimum atomic E-state index is -0.976. The molecule has 2 fully saturated rings. The zero-order valence-electron chi connectivity index (χ0n) is 23.0. The van der Waals surface area contributed by atoms with Gasteiger partial charge in [0.05, 0.1) is 19.7 Å². The van der Waals surface area contributed by atoms with Crippen molar-refractivity contribution >= 4 is 5.97 Å². The van der Waals surface area contributed by atoms with Crippen molar-refractivity contribution in [3.8, 4) is 22.8 Å². The van der Waals surface area contributed by atoms with Crippen LogP contribution in [0.25, 0.3) is 11.1 Å². The van der Waals surface area contributed by atoms with Crippen molar-refractivity contribution in [3.05, 3.63) is 76.7 Å². The predicted molar refractivity (Wildman–Crippen MR) is 145 cm³/mol. The van der Waals surface area contributed by atoms with Crippen LogP contribution in [0.2, 0.25) is 0 Å². The van der Waals surface area contributed by atoms with Crippen LogP contribution in [-0.4, -0.2) is 23.2 Å². The van der Waals surface area contributed by atoms with Gasteiger partial charge in [-0.1, -0.05) is 32.4 Å². The number of hydrogen-bond acceptors (Lipinski definition) is 4. The van der Waals surface area contributed by atoms with Gasteiger partial charge in [-0.05, 0) is 77.8 Å². The van der Waals surface area contributed by atoms with Crippen LogP contribution in [0.15, 0.2) is 42.6 Å². The molecule has 1 heterocycles. The second kappa shape index (κ2) is 11.1. The van der Waals surface area contributed by atoms with E-state index in [0.717, 1.165) is 43.9 Å². The highest BCUT2D eigenvalue weighted by Gasteiger charge is 2.38. The molecule has 0 unspecified atom stereocenters. The number of pyridine rings is 1. The van der Waals surface area contributed by atoms with E-state index >= 15 is 8.78 Å². The van der Waals surface area contributed by atoms with Crippen molar-refractivity contribution in [1.82, 2.24) is 4.98 Å². The van der Waals surface area contributed by atoms with E-state index in [2.05, 4.69) is 18.8 Å². The molecule has 2 saturated carbocycles. The molecule has 3 aromatic rings. The predicted octanol–water partition coefficient (Wildman–Crippen LogP) is 8.02. The Bertz CT molecular complexity index is 1420. The highest BCUT2D eigenvalue weighted by molar-refractivity contribution is 5.70. The number of carboxylic acids is 1. The van der Waals surface area contributed by atoms with Crippen LogP contribution in [0.5, 0.6) is 11.6 Å². The molecule has 2 aromatic carbocycles. The summed E-state index contributed by atoms with van der Waals surface area (Å²) in [4.78, 5) is 15.3. The monoisotopic (exact) mass is 553 g/mol. The van der Waals surface area contributed by atoms with Crippen LogP contribution in [-0.2, 0) is 11.4 Å². The molecule has 0 bridgehead atoms. The van der Waals surface area contributed by atoms with E-state index in [0.29, 0.717) is 11.1 Å². The number of halogens is 3. The molecule has 1 aromatic heterocycles. The molecule has 5 nitrogen and oxygen atoms in total. The van der Waals surface area contributed by atoms with Gasteiger partial charge < -0.3 is 14.6 Å². The third-order valence-corrected chi connectivity index (χ3v) is 8.54. The van der Waals surface area contributed by atoms with Crippen molar-refractivity contribution in [2.45, 2.75) is 70.8 Å². The van der Waals surface area contributed by atoms with Crippen LogP contribution in [0.1, 0.15) is 80.9 Å². The number of nitrogens with zero attached hydrogens (tertiary/aromatic N) is 1. The number of aromatic nitrogens is 1. The summed E-state index contributed by atoms with van der Waals surface area (Å²) in [5.74, 6) is -2.83.